The highest BCUT2D eigenvalue weighted by Gasteiger charge is 2.26. The number of rotatable bonds is 5. The molecule has 2 aromatic rings. The van der Waals surface area contributed by atoms with Gasteiger partial charge in [0.15, 0.2) is 0 Å². The minimum absolute atomic E-state index is 0.148. The summed E-state index contributed by atoms with van der Waals surface area (Å²) in [5.41, 5.74) is 1.83. The molecule has 0 aliphatic rings. The monoisotopic (exact) mass is 294 g/mol. The van der Waals surface area contributed by atoms with Gasteiger partial charge in [-0.1, -0.05) is 32.4 Å². The molecule has 0 amide bonds. The van der Waals surface area contributed by atoms with Gasteiger partial charge in [0, 0.05) is 17.5 Å². The fourth-order valence-electron chi connectivity index (χ4n) is 2.36. The third-order valence-corrected chi connectivity index (χ3v) is 3.97. The Balaban J connectivity index is 2.57. The number of imidazole rings is 1. The van der Waals surface area contributed by atoms with Gasteiger partial charge in [0.05, 0.1) is 17.0 Å². The van der Waals surface area contributed by atoms with E-state index in [1.54, 1.807) is 6.92 Å². The van der Waals surface area contributed by atoms with Crippen molar-refractivity contribution in [1.82, 2.24) is 9.55 Å². The van der Waals surface area contributed by atoms with E-state index < -0.39 is 11.9 Å². The molecular weight excluding hydrogens is 276 g/mol. The van der Waals surface area contributed by atoms with Crippen LogP contribution in [0.4, 0.5) is 0 Å². The lowest BCUT2D eigenvalue weighted by atomic mass is 9.95. The molecule has 0 bridgehead atoms. The average Bonchev–Trinajstić information content (AvgIpc) is 2.76. The Morgan fingerprint density at radius 1 is 1.45 bits per heavy atom. The van der Waals surface area contributed by atoms with E-state index in [0.717, 1.165) is 29.8 Å². The van der Waals surface area contributed by atoms with Crippen LogP contribution >= 0.6 is 11.6 Å². The van der Waals surface area contributed by atoms with Crippen LogP contribution < -0.4 is 0 Å². The second-order valence-corrected chi connectivity index (χ2v) is 5.61. The van der Waals surface area contributed by atoms with Gasteiger partial charge in [-0.15, -0.1) is 0 Å². The van der Waals surface area contributed by atoms with Crippen molar-refractivity contribution in [2.45, 2.75) is 39.7 Å². The molecule has 2 unspecified atom stereocenters. The number of aryl methyl sites for hydroxylation is 1. The van der Waals surface area contributed by atoms with E-state index in [4.69, 9.17) is 11.6 Å². The molecule has 108 valence electrons. The second kappa shape index (κ2) is 5.83. The molecule has 0 aliphatic heterocycles. The van der Waals surface area contributed by atoms with E-state index in [9.17, 15) is 9.90 Å². The van der Waals surface area contributed by atoms with Gasteiger partial charge in [-0.2, -0.15) is 0 Å². The zero-order valence-corrected chi connectivity index (χ0v) is 12.7. The van der Waals surface area contributed by atoms with Crippen molar-refractivity contribution in [3.8, 4) is 0 Å². The van der Waals surface area contributed by atoms with E-state index in [0.29, 0.717) is 5.02 Å². The fraction of sp³-hybridized carbons (Fsp3) is 0.467. The number of halogens is 1. The van der Waals surface area contributed by atoms with Gasteiger partial charge in [0.1, 0.15) is 5.82 Å². The van der Waals surface area contributed by atoms with E-state index in [1.165, 1.54) is 0 Å². The van der Waals surface area contributed by atoms with Gasteiger partial charge in [-0.05, 0) is 24.6 Å². The summed E-state index contributed by atoms with van der Waals surface area (Å²) in [5.74, 6) is -0.604. The highest BCUT2D eigenvalue weighted by atomic mass is 35.5. The molecule has 2 rings (SSSR count). The van der Waals surface area contributed by atoms with Crippen molar-refractivity contribution in [2.75, 3.05) is 0 Å². The first-order chi connectivity index (χ1) is 9.45. The molecule has 0 fully saturated rings. The van der Waals surface area contributed by atoms with Crippen LogP contribution in [-0.4, -0.2) is 20.6 Å². The minimum atomic E-state index is -0.800. The Morgan fingerprint density at radius 2 is 2.15 bits per heavy atom. The Morgan fingerprint density at radius 3 is 2.75 bits per heavy atom. The standard InChI is InChI=1S/C15H19ClN2O2/c1-4-7-18-13-8-11(16)5-6-12(13)17-14(18)9(2)10(3)15(19)20/h5-6,8-10H,4,7H2,1-3H3,(H,19,20). The number of carboxylic acid groups (broad SMARTS) is 1. The summed E-state index contributed by atoms with van der Waals surface area (Å²) in [7, 11) is 0. The Bertz CT molecular complexity index is 636. The number of carbonyl (C=O) groups is 1. The first-order valence-corrected chi connectivity index (χ1v) is 7.22. The first kappa shape index (κ1) is 14.9. The summed E-state index contributed by atoms with van der Waals surface area (Å²) in [6.07, 6.45) is 0.957. The predicted octanol–water partition coefficient (Wildman–Crippen LogP) is 3.92. The van der Waals surface area contributed by atoms with Crippen LogP contribution in [0.1, 0.15) is 38.9 Å². The quantitative estimate of drug-likeness (QED) is 0.909. The van der Waals surface area contributed by atoms with Crippen LogP contribution in [0.5, 0.6) is 0 Å². The molecule has 0 aliphatic carbocycles. The summed E-state index contributed by atoms with van der Waals surface area (Å²) < 4.78 is 2.09. The molecule has 0 spiro atoms. The number of hydrogen-bond donors (Lipinski definition) is 1. The molecule has 0 radical (unpaired) electrons. The van der Waals surface area contributed by atoms with E-state index in [-0.39, 0.29) is 5.92 Å². The van der Waals surface area contributed by atoms with Crippen molar-refractivity contribution in [1.29, 1.82) is 0 Å². The number of benzene rings is 1. The van der Waals surface area contributed by atoms with Crippen LogP contribution in [0.25, 0.3) is 11.0 Å². The molecule has 1 aromatic heterocycles. The van der Waals surface area contributed by atoms with Crippen molar-refractivity contribution >= 4 is 28.6 Å². The molecule has 0 saturated carbocycles. The van der Waals surface area contributed by atoms with Crippen LogP contribution in [0.15, 0.2) is 18.2 Å². The number of nitrogens with zero attached hydrogens (tertiary/aromatic N) is 2. The highest BCUT2D eigenvalue weighted by Crippen LogP contribution is 2.29. The summed E-state index contributed by atoms with van der Waals surface area (Å²) in [6, 6.07) is 5.58. The molecule has 1 aromatic carbocycles. The zero-order chi connectivity index (χ0) is 14.9. The third kappa shape index (κ3) is 2.66. The van der Waals surface area contributed by atoms with E-state index in [2.05, 4.69) is 16.5 Å². The zero-order valence-electron chi connectivity index (χ0n) is 11.9. The lowest BCUT2D eigenvalue weighted by Gasteiger charge is -2.17. The summed E-state index contributed by atoms with van der Waals surface area (Å²) in [6.45, 7) is 6.53. The van der Waals surface area contributed by atoms with Gasteiger partial charge in [-0.25, -0.2) is 4.98 Å². The van der Waals surface area contributed by atoms with Crippen molar-refractivity contribution in [3.63, 3.8) is 0 Å². The summed E-state index contributed by atoms with van der Waals surface area (Å²) in [5, 5.41) is 9.86. The number of fused-ring (bicyclic) bond motifs is 1. The maximum atomic E-state index is 11.2. The molecule has 0 saturated heterocycles. The normalized spacial score (nSPS) is 14.4. The van der Waals surface area contributed by atoms with Crippen LogP contribution in [-0.2, 0) is 11.3 Å². The third-order valence-electron chi connectivity index (χ3n) is 3.73. The molecule has 4 nitrogen and oxygen atoms in total. The van der Waals surface area contributed by atoms with Crippen LogP contribution in [0, 0.1) is 5.92 Å². The first-order valence-electron chi connectivity index (χ1n) is 6.84. The van der Waals surface area contributed by atoms with Crippen LogP contribution in [0.2, 0.25) is 5.02 Å². The SMILES string of the molecule is CCCn1c(C(C)C(C)C(=O)O)nc2ccc(Cl)cc21. The lowest BCUT2D eigenvalue weighted by molar-refractivity contribution is -0.141. The molecule has 5 heteroatoms. The highest BCUT2D eigenvalue weighted by molar-refractivity contribution is 6.31. The molecule has 1 N–H and O–H groups in total. The number of aliphatic carboxylic acids is 1. The number of hydrogen-bond acceptors (Lipinski definition) is 2. The average molecular weight is 295 g/mol. The van der Waals surface area contributed by atoms with Gasteiger partial charge < -0.3 is 9.67 Å². The largest absolute Gasteiger partial charge is 0.481 e. The Hall–Kier alpha value is -1.55. The lowest BCUT2D eigenvalue weighted by Crippen LogP contribution is -2.20. The van der Waals surface area contributed by atoms with Gasteiger partial charge in [0.2, 0.25) is 0 Å². The topological polar surface area (TPSA) is 55.1 Å². The van der Waals surface area contributed by atoms with Crippen molar-refractivity contribution in [2.24, 2.45) is 5.92 Å². The van der Waals surface area contributed by atoms with E-state index >= 15 is 0 Å². The summed E-state index contributed by atoms with van der Waals surface area (Å²) >= 11 is 6.06. The van der Waals surface area contributed by atoms with Gasteiger partial charge in [0.25, 0.3) is 0 Å². The Labute approximate surface area is 123 Å². The van der Waals surface area contributed by atoms with E-state index in [1.807, 2.05) is 25.1 Å². The number of carboxylic acids is 1. The maximum Gasteiger partial charge on any atom is 0.306 e. The Kier molecular flexibility index (Phi) is 4.33. The second-order valence-electron chi connectivity index (χ2n) is 5.17. The fourth-order valence-corrected chi connectivity index (χ4v) is 2.52. The molecule has 20 heavy (non-hydrogen) atoms. The van der Waals surface area contributed by atoms with Gasteiger partial charge in [-0.3, -0.25) is 4.79 Å². The molecule has 2 atom stereocenters. The maximum absolute atomic E-state index is 11.2. The van der Waals surface area contributed by atoms with Gasteiger partial charge >= 0.3 is 5.97 Å². The predicted molar refractivity (Wildman–Crippen MR) is 80.2 cm³/mol. The molecule has 1 heterocycles. The smallest absolute Gasteiger partial charge is 0.306 e. The minimum Gasteiger partial charge on any atom is -0.481 e. The molecular formula is C15H19ClN2O2. The van der Waals surface area contributed by atoms with Crippen molar-refractivity contribution < 1.29 is 9.90 Å². The van der Waals surface area contributed by atoms with Crippen LogP contribution in [0.3, 0.4) is 0 Å². The van der Waals surface area contributed by atoms with Crippen molar-refractivity contribution in [3.05, 3.63) is 29.0 Å². The summed E-state index contributed by atoms with van der Waals surface area (Å²) in [4.78, 5) is 15.8. The number of aromatic nitrogens is 2.